The summed E-state index contributed by atoms with van der Waals surface area (Å²) >= 11 is 9.18. The molecule has 0 fully saturated rings. The summed E-state index contributed by atoms with van der Waals surface area (Å²) in [7, 11) is -3.74. The summed E-state index contributed by atoms with van der Waals surface area (Å²) in [6.07, 6.45) is 1.01. The molecule has 174 valence electrons. The minimum atomic E-state index is -3.74. The van der Waals surface area contributed by atoms with E-state index in [9.17, 15) is 17.6 Å². The fourth-order valence-corrected chi connectivity index (χ4v) is 4.39. The highest BCUT2D eigenvalue weighted by Crippen LogP contribution is 2.27. The quantitative estimate of drug-likeness (QED) is 0.377. The molecule has 0 heterocycles. The molecule has 0 unspecified atom stereocenters. The molecule has 6 nitrogen and oxygen atoms in total. The lowest BCUT2D eigenvalue weighted by Gasteiger charge is -2.23. The van der Waals surface area contributed by atoms with Crippen molar-refractivity contribution >= 4 is 49.1 Å². The first-order valence-corrected chi connectivity index (χ1v) is 12.8. The predicted molar refractivity (Wildman–Crippen MR) is 131 cm³/mol. The smallest absolute Gasteiger partial charge is 0.251 e. The van der Waals surface area contributed by atoms with E-state index in [0.717, 1.165) is 10.6 Å². The number of para-hydroxylation sites is 1. The van der Waals surface area contributed by atoms with Crippen LogP contribution in [0.25, 0.3) is 0 Å². The Morgan fingerprint density at radius 2 is 1.82 bits per heavy atom. The van der Waals surface area contributed by atoms with Crippen molar-refractivity contribution in [2.75, 3.05) is 23.7 Å². The standard InChI is InChI=1S/C23H21BrClFN2O4S/c1-33(30,31)28(21-11-10-18(24)14-20(21)26)15-16-6-8-17(9-7-16)23(29)27-12-13-32-22-5-3-2-4-19(22)25/h2-11,14H,12-13,15H2,1H3,(H,27,29). The van der Waals surface area contributed by atoms with E-state index in [2.05, 4.69) is 21.2 Å². The largest absolute Gasteiger partial charge is 0.490 e. The molecular formula is C23H21BrClFN2O4S. The molecular weight excluding hydrogens is 535 g/mol. The molecule has 1 N–H and O–H groups in total. The number of amides is 1. The molecule has 0 atom stereocenters. The summed E-state index contributed by atoms with van der Waals surface area (Å²) in [5.41, 5.74) is 0.944. The van der Waals surface area contributed by atoms with Gasteiger partial charge in [-0.05, 0) is 48.0 Å². The molecule has 1 amide bonds. The van der Waals surface area contributed by atoms with Crippen molar-refractivity contribution in [3.63, 3.8) is 0 Å². The highest BCUT2D eigenvalue weighted by atomic mass is 79.9. The van der Waals surface area contributed by atoms with E-state index < -0.39 is 15.8 Å². The Bertz CT molecular complexity index is 1240. The number of anilines is 1. The van der Waals surface area contributed by atoms with E-state index >= 15 is 0 Å². The van der Waals surface area contributed by atoms with Gasteiger partial charge in [0.1, 0.15) is 18.2 Å². The van der Waals surface area contributed by atoms with Gasteiger partial charge in [-0.1, -0.05) is 51.8 Å². The Labute approximate surface area is 205 Å². The zero-order chi connectivity index (χ0) is 24.0. The fraction of sp³-hybridized carbons (Fsp3) is 0.174. The van der Waals surface area contributed by atoms with E-state index in [-0.39, 0.29) is 31.3 Å². The van der Waals surface area contributed by atoms with Crippen LogP contribution in [0.3, 0.4) is 0 Å². The van der Waals surface area contributed by atoms with Gasteiger partial charge in [0.05, 0.1) is 30.1 Å². The monoisotopic (exact) mass is 554 g/mol. The number of carbonyl (C=O) groups excluding carboxylic acids is 1. The molecule has 0 aliphatic carbocycles. The average Bonchev–Trinajstić information content (AvgIpc) is 2.76. The molecule has 0 aromatic heterocycles. The summed E-state index contributed by atoms with van der Waals surface area (Å²) in [5.74, 6) is -0.427. The number of hydrogen-bond acceptors (Lipinski definition) is 4. The number of rotatable bonds is 9. The number of ether oxygens (including phenoxy) is 1. The number of carbonyl (C=O) groups is 1. The van der Waals surface area contributed by atoms with Crippen LogP contribution < -0.4 is 14.4 Å². The average molecular weight is 556 g/mol. The van der Waals surface area contributed by atoms with Crippen LogP contribution in [-0.2, 0) is 16.6 Å². The number of sulfonamides is 1. The maximum absolute atomic E-state index is 14.4. The van der Waals surface area contributed by atoms with Gasteiger partial charge in [0.25, 0.3) is 5.91 Å². The van der Waals surface area contributed by atoms with Gasteiger partial charge in [0, 0.05) is 10.0 Å². The molecule has 3 aromatic carbocycles. The zero-order valence-corrected chi connectivity index (χ0v) is 20.8. The second-order valence-corrected chi connectivity index (χ2v) is 10.3. The van der Waals surface area contributed by atoms with Crippen LogP contribution in [0.5, 0.6) is 5.75 Å². The third-order valence-corrected chi connectivity index (χ3v) is 6.53. The molecule has 10 heteroatoms. The van der Waals surface area contributed by atoms with Crippen LogP contribution >= 0.6 is 27.5 Å². The van der Waals surface area contributed by atoms with Gasteiger partial charge in [-0.2, -0.15) is 0 Å². The predicted octanol–water partition coefficient (Wildman–Crippen LogP) is 5.02. The molecule has 0 bridgehead atoms. The highest BCUT2D eigenvalue weighted by Gasteiger charge is 2.21. The van der Waals surface area contributed by atoms with Crippen molar-refractivity contribution in [2.24, 2.45) is 0 Å². The van der Waals surface area contributed by atoms with Gasteiger partial charge in [-0.25, -0.2) is 12.8 Å². The van der Waals surface area contributed by atoms with E-state index in [4.69, 9.17) is 16.3 Å². The topological polar surface area (TPSA) is 75.7 Å². The summed E-state index contributed by atoms with van der Waals surface area (Å²) in [6.45, 7) is 0.442. The van der Waals surface area contributed by atoms with E-state index in [1.165, 1.54) is 12.1 Å². The molecule has 0 radical (unpaired) electrons. The van der Waals surface area contributed by atoms with Crippen molar-refractivity contribution in [3.05, 3.63) is 93.2 Å². The van der Waals surface area contributed by atoms with Crippen LogP contribution in [0.15, 0.2) is 71.2 Å². The van der Waals surface area contributed by atoms with Crippen LogP contribution in [-0.4, -0.2) is 33.7 Å². The Morgan fingerprint density at radius 1 is 1.12 bits per heavy atom. The highest BCUT2D eigenvalue weighted by molar-refractivity contribution is 9.10. The molecule has 0 spiro atoms. The number of benzene rings is 3. The summed E-state index contributed by atoms with van der Waals surface area (Å²) in [6, 6.07) is 17.6. The van der Waals surface area contributed by atoms with Crippen LogP contribution in [0.4, 0.5) is 10.1 Å². The molecule has 33 heavy (non-hydrogen) atoms. The zero-order valence-electron chi connectivity index (χ0n) is 17.6. The van der Waals surface area contributed by atoms with Gasteiger partial charge < -0.3 is 10.1 Å². The van der Waals surface area contributed by atoms with Crippen molar-refractivity contribution in [1.82, 2.24) is 5.32 Å². The number of nitrogens with zero attached hydrogens (tertiary/aromatic N) is 1. The fourth-order valence-electron chi connectivity index (χ4n) is 2.98. The molecule has 0 saturated heterocycles. The minimum absolute atomic E-state index is 0.0546. The second-order valence-electron chi connectivity index (χ2n) is 7.10. The summed E-state index contributed by atoms with van der Waals surface area (Å²) in [5, 5.41) is 3.24. The number of nitrogens with one attached hydrogen (secondary N) is 1. The Balaban J connectivity index is 1.61. The maximum atomic E-state index is 14.4. The summed E-state index contributed by atoms with van der Waals surface area (Å²) in [4.78, 5) is 12.4. The van der Waals surface area contributed by atoms with Crippen molar-refractivity contribution in [2.45, 2.75) is 6.54 Å². The van der Waals surface area contributed by atoms with Crippen molar-refractivity contribution in [1.29, 1.82) is 0 Å². The van der Waals surface area contributed by atoms with Crippen molar-refractivity contribution < 1.29 is 22.3 Å². The van der Waals surface area contributed by atoms with Gasteiger partial charge in [0.2, 0.25) is 10.0 Å². The number of hydrogen-bond donors (Lipinski definition) is 1. The first-order chi connectivity index (χ1) is 15.6. The van der Waals surface area contributed by atoms with E-state index in [0.29, 0.717) is 26.4 Å². The minimum Gasteiger partial charge on any atom is -0.490 e. The third kappa shape index (κ3) is 6.93. The van der Waals surface area contributed by atoms with Crippen LogP contribution in [0.2, 0.25) is 5.02 Å². The van der Waals surface area contributed by atoms with Gasteiger partial charge >= 0.3 is 0 Å². The third-order valence-electron chi connectivity index (χ3n) is 4.60. The maximum Gasteiger partial charge on any atom is 0.251 e. The first kappa shape index (κ1) is 25.0. The lowest BCUT2D eigenvalue weighted by Crippen LogP contribution is -2.30. The van der Waals surface area contributed by atoms with E-state index in [1.807, 2.05) is 0 Å². The normalized spacial score (nSPS) is 11.2. The molecule has 3 aromatic rings. The first-order valence-electron chi connectivity index (χ1n) is 9.82. The SMILES string of the molecule is CS(=O)(=O)N(Cc1ccc(C(=O)NCCOc2ccccc2Cl)cc1)c1ccc(Br)cc1F. The lowest BCUT2D eigenvalue weighted by molar-refractivity contribution is 0.0947. The Morgan fingerprint density at radius 3 is 2.45 bits per heavy atom. The lowest BCUT2D eigenvalue weighted by atomic mass is 10.1. The second kappa shape index (κ2) is 11.0. The Kier molecular flexibility index (Phi) is 8.34. The van der Waals surface area contributed by atoms with Gasteiger partial charge in [-0.3, -0.25) is 9.10 Å². The summed E-state index contributed by atoms with van der Waals surface area (Å²) < 4.78 is 46.0. The molecule has 0 aliphatic heterocycles. The molecule has 0 saturated carbocycles. The Hall–Kier alpha value is -2.62. The molecule has 3 rings (SSSR count). The molecule has 0 aliphatic rings. The van der Waals surface area contributed by atoms with Gasteiger partial charge in [0.15, 0.2) is 0 Å². The van der Waals surface area contributed by atoms with Crippen LogP contribution in [0, 0.1) is 5.82 Å². The van der Waals surface area contributed by atoms with Crippen LogP contribution in [0.1, 0.15) is 15.9 Å². The van der Waals surface area contributed by atoms with E-state index in [1.54, 1.807) is 54.6 Å². The van der Waals surface area contributed by atoms with Gasteiger partial charge in [-0.15, -0.1) is 0 Å². The number of halogens is 3. The van der Waals surface area contributed by atoms with Crippen molar-refractivity contribution in [3.8, 4) is 5.75 Å².